The fourth-order valence-corrected chi connectivity index (χ4v) is 1.05. The molecule has 1 rings (SSSR count). The first-order valence-corrected chi connectivity index (χ1v) is 3.46. The Morgan fingerprint density at radius 1 is 1.17 bits per heavy atom. The number of pyridine rings is 1. The zero-order valence-electron chi connectivity index (χ0n) is 6.87. The lowest BCUT2D eigenvalue weighted by atomic mass is 10.2. The van der Waals surface area contributed by atoms with Crippen molar-refractivity contribution >= 4 is 0 Å². The molecule has 2 N–H and O–H groups in total. The summed E-state index contributed by atoms with van der Waals surface area (Å²) in [5, 5.41) is 17.6. The second-order valence-electron chi connectivity index (χ2n) is 2.53. The molecule has 0 aliphatic rings. The molecule has 1 heterocycles. The Kier molecular flexibility index (Phi) is 5.36. The topological polar surface area (TPSA) is 44.3 Å². The number of aliphatic hydroxyl groups is 2. The summed E-state index contributed by atoms with van der Waals surface area (Å²) in [5.74, 6) is 0. The van der Waals surface area contributed by atoms with Crippen LogP contribution in [0.3, 0.4) is 0 Å². The van der Waals surface area contributed by atoms with E-state index in [1.807, 2.05) is 24.0 Å². The van der Waals surface area contributed by atoms with Crippen LogP contribution in [0.5, 0.6) is 0 Å². The van der Waals surface area contributed by atoms with Crippen molar-refractivity contribution in [1.82, 2.24) is 0 Å². The van der Waals surface area contributed by atoms with Crippen molar-refractivity contribution in [3.63, 3.8) is 0 Å². The number of rotatable bonds is 2. The lowest BCUT2D eigenvalue weighted by Gasteiger charge is -1.97. The van der Waals surface area contributed by atoms with Crippen LogP contribution in [0, 0.1) is 0 Å². The lowest BCUT2D eigenvalue weighted by Crippen LogP contribution is -3.00. The largest absolute Gasteiger partial charge is 1.00 e. The first kappa shape index (κ1) is 11.8. The zero-order valence-corrected chi connectivity index (χ0v) is 9.02. The third kappa shape index (κ3) is 3.04. The molecule has 0 aliphatic carbocycles. The van der Waals surface area contributed by atoms with Gasteiger partial charge in [-0.25, -0.2) is 4.57 Å². The average Bonchev–Trinajstić information content (AvgIpc) is 2.03. The lowest BCUT2D eigenvalue weighted by molar-refractivity contribution is -0.672. The van der Waals surface area contributed by atoms with E-state index in [1.165, 1.54) is 0 Å². The van der Waals surface area contributed by atoms with Crippen LogP contribution in [0.2, 0.25) is 0 Å². The Balaban J connectivity index is 0.00000121. The molecular formula is C8H12INO2. The van der Waals surface area contributed by atoms with Gasteiger partial charge in [0.15, 0.2) is 12.4 Å². The zero-order chi connectivity index (χ0) is 8.27. The van der Waals surface area contributed by atoms with Crippen molar-refractivity contribution in [2.45, 2.75) is 13.2 Å². The van der Waals surface area contributed by atoms with Crippen molar-refractivity contribution in [2.75, 3.05) is 0 Å². The molecule has 0 saturated carbocycles. The highest BCUT2D eigenvalue weighted by Crippen LogP contribution is 2.00. The van der Waals surface area contributed by atoms with Crippen LogP contribution in [0.25, 0.3) is 0 Å². The van der Waals surface area contributed by atoms with E-state index in [0.717, 1.165) is 11.1 Å². The fourth-order valence-electron chi connectivity index (χ4n) is 1.05. The summed E-state index contributed by atoms with van der Waals surface area (Å²) in [7, 11) is 1.86. The van der Waals surface area contributed by atoms with E-state index in [4.69, 9.17) is 10.2 Å². The van der Waals surface area contributed by atoms with Gasteiger partial charge in [0.05, 0.1) is 13.2 Å². The van der Waals surface area contributed by atoms with E-state index in [1.54, 1.807) is 6.07 Å². The van der Waals surface area contributed by atoms with Crippen molar-refractivity contribution < 1.29 is 38.8 Å². The molecule has 3 nitrogen and oxygen atoms in total. The number of halogens is 1. The molecule has 12 heavy (non-hydrogen) atoms. The van der Waals surface area contributed by atoms with Gasteiger partial charge in [-0.3, -0.25) is 0 Å². The number of aliphatic hydroxyl groups excluding tert-OH is 2. The maximum Gasteiger partial charge on any atom is 0.174 e. The Morgan fingerprint density at radius 3 is 1.92 bits per heavy atom. The third-order valence-electron chi connectivity index (χ3n) is 1.47. The minimum Gasteiger partial charge on any atom is -1.00 e. The van der Waals surface area contributed by atoms with Gasteiger partial charge in [0, 0.05) is 11.1 Å². The maximum absolute atomic E-state index is 8.79. The third-order valence-corrected chi connectivity index (χ3v) is 1.47. The summed E-state index contributed by atoms with van der Waals surface area (Å²) in [5.41, 5.74) is 1.64. The predicted octanol–water partition coefficient (Wildman–Crippen LogP) is -3.50. The summed E-state index contributed by atoms with van der Waals surface area (Å²) in [6, 6.07) is 1.78. The summed E-state index contributed by atoms with van der Waals surface area (Å²) >= 11 is 0. The van der Waals surface area contributed by atoms with Crippen LogP contribution in [-0.2, 0) is 20.3 Å². The molecule has 1 aromatic rings. The van der Waals surface area contributed by atoms with E-state index in [0.29, 0.717) is 0 Å². The molecule has 0 spiro atoms. The van der Waals surface area contributed by atoms with Crippen LogP contribution in [0.15, 0.2) is 18.5 Å². The summed E-state index contributed by atoms with van der Waals surface area (Å²) < 4.78 is 1.82. The quantitative estimate of drug-likeness (QED) is 0.436. The first-order chi connectivity index (χ1) is 5.26. The molecular weight excluding hydrogens is 269 g/mol. The summed E-state index contributed by atoms with van der Waals surface area (Å²) in [6.07, 6.45) is 3.64. The van der Waals surface area contributed by atoms with E-state index in [2.05, 4.69) is 0 Å². The fraction of sp³-hybridized carbons (Fsp3) is 0.375. The molecule has 0 amide bonds. The standard InChI is InChI=1S/C8H12NO2.HI/c1-9-3-7(5-10)2-8(4-9)6-11;/h2-4,10-11H,5-6H2,1H3;1H/q+1;/p-1. The van der Waals surface area contributed by atoms with Crippen molar-refractivity contribution in [2.24, 2.45) is 7.05 Å². The van der Waals surface area contributed by atoms with Crippen LogP contribution in [0.1, 0.15) is 11.1 Å². The van der Waals surface area contributed by atoms with Crippen molar-refractivity contribution in [1.29, 1.82) is 0 Å². The van der Waals surface area contributed by atoms with Crippen LogP contribution in [0.4, 0.5) is 0 Å². The first-order valence-electron chi connectivity index (χ1n) is 3.46. The van der Waals surface area contributed by atoms with E-state index >= 15 is 0 Å². The molecule has 0 aliphatic heterocycles. The number of aromatic nitrogens is 1. The highest BCUT2D eigenvalue weighted by Gasteiger charge is 2.01. The number of aryl methyl sites for hydroxylation is 1. The molecule has 68 valence electrons. The highest BCUT2D eigenvalue weighted by molar-refractivity contribution is 5.13. The second-order valence-corrected chi connectivity index (χ2v) is 2.53. The average molecular weight is 281 g/mol. The van der Waals surface area contributed by atoms with Gasteiger partial charge in [0.25, 0.3) is 0 Å². The van der Waals surface area contributed by atoms with E-state index in [9.17, 15) is 0 Å². The Bertz CT molecular complexity index is 231. The van der Waals surface area contributed by atoms with E-state index < -0.39 is 0 Å². The minimum absolute atomic E-state index is 0. The maximum atomic E-state index is 8.79. The van der Waals surface area contributed by atoms with Gasteiger partial charge >= 0.3 is 0 Å². The molecule has 0 aromatic carbocycles. The van der Waals surface area contributed by atoms with Crippen molar-refractivity contribution in [3.05, 3.63) is 29.6 Å². The second kappa shape index (κ2) is 5.45. The monoisotopic (exact) mass is 281 g/mol. The number of hydrogen-bond acceptors (Lipinski definition) is 2. The van der Waals surface area contributed by atoms with Crippen molar-refractivity contribution in [3.8, 4) is 0 Å². The highest BCUT2D eigenvalue weighted by atomic mass is 127. The van der Waals surface area contributed by atoms with Gasteiger partial charge in [0.1, 0.15) is 7.05 Å². The SMILES string of the molecule is C[n+]1cc(CO)cc(CO)c1.[I-]. The Hall–Kier alpha value is -0.200. The van der Waals surface area contributed by atoms with Gasteiger partial charge in [-0.2, -0.15) is 0 Å². The molecule has 0 saturated heterocycles. The minimum atomic E-state index is 0. The van der Waals surface area contributed by atoms with Gasteiger partial charge in [-0.05, 0) is 6.07 Å². The van der Waals surface area contributed by atoms with Crippen LogP contribution in [-0.4, -0.2) is 10.2 Å². The van der Waals surface area contributed by atoms with Gasteiger partial charge in [0.2, 0.25) is 0 Å². The van der Waals surface area contributed by atoms with E-state index in [-0.39, 0.29) is 37.2 Å². The van der Waals surface area contributed by atoms with Crippen LogP contribution >= 0.6 is 0 Å². The molecule has 0 radical (unpaired) electrons. The van der Waals surface area contributed by atoms with Gasteiger partial charge in [-0.15, -0.1) is 0 Å². The number of nitrogens with zero attached hydrogens (tertiary/aromatic N) is 1. The number of hydrogen-bond donors (Lipinski definition) is 2. The molecule has 4 heteroatoms. The normalized spacial score (nSPS) is 9.25. The predicted molar refractivity (Wildman–Crippen MR) is 39.5 cm³/mol. The van der Waals surface area contributed by atoms with Crippen LogP contribution < -0.4 is 28.5 Å². The molecule has 0 atom stereocenters. The summed E-state index contributed by atoms with van der Waals surface area (Å²) in [4.78, 5) is 0. The van der Waals surface area contributed by atoms with Gasteiger partial charge in [-0.1, -0.05) is 0 Å². The molecule has 0 unspecified atom stereocenters. The Morgan fingerprint density at radius 2 is 1.58 bits per heavy atom. The molecule has 0 fully saturated rings. The summed E-state index contributed by atoms with van der Waals surface area (Å²) in [6.45, 7) is 0.0311. The Labute approximate surface area is 88.7 Å². The molecule has 1 aromatic heterocycles. The van der Waals surface area contributed by atoms with Gasteiger partial charge < -0.3 is 34.2 Å². The molecule has 0 bridgehead atoms. The smallest absolute Gasteiger partial charge is 0.174 e.